The van der Waals surface area contributed by atoms with Crippen LogP contribution in [0.5, 0.6) is 0 Å². The van der Waals surface area contributed by atoms with Gasteiger partial charge in [0.15, 0.2) is 0 Å². The van der Waals surface area contributed by atoms with Crippen molar-refractivity contribution in [3.05, 3.63) is 59.7 Å². The molecule has 0 saturated carbocycles. The highest BCUT2D eigenvalue weighted by Gasteiger charge is 2.25. The molecule has 0 spiro atoms. The summed E-state index contributed by atoms with van der Waals surface area (Å²) in [5.74, 6) is -0.0543. The molecule has 0 radical (unpaired) electrons. The van der Waals surface area contributed by atoms with Crippen LogP contribution >= 0.6 is 0 Å². The number of benzene rings is 2. The van der Waals surface area contributed by atoms with Crippen molar-refractivity contribution in [3.8, 4) is 17.2 Å². The van der Waals surface area contributed by atoms with E-state index in [1.165, 1.54) is 0 Å². The van der Waals surface area contributed by atoms with Gasteiger partial charge in [-0.25, -0.2) is 0 Å². The van der Waals surface area contributed by atoms with E-state index in [9.17, 15) is 14.9 Å². The average Bonchev–Trinajstić information content (AvgIpc) is 2.82. The predicted molar refractivity (Wildman–Crippen MR) is 118 cm³/mol. The number of nitrogens with zero attached hydrogens (tertiary/aromatic N) is 3. The van der Waals surface area contributed by atoms with Gasteiger partial charge in [-0.1, -0.05) is 36.4 Å². The molecule has 1 N–H and O–H groups in total. The summed E-state index contributed by atoms with van der Waals surface area (Å²) in [5.41, 5.74) is 2.67. The minimum atomic E-state index is -0.0491. The minimum absolute atomic E-state index is 0.00524. The number of hydrogen-bond donors (Lipinski definition) is 1. The lowest BCUT2D eigenvalue weighted by Gasteiger charge is -2.34. The first-order valence-electron chi connectivity index (χ1n) is 10.5. The number of hydrogen-bond acceptors (Lipinski definition) is 5. The van der Waals surface area contributed by atoms with Crippen LogP contribution in [0.15, 0.2) is 48.5 Å². The Morgan fingerprint density at radius 3 is 2.42 bits per heavy atom. The van der Waals surface area contributed by atoms with E-state index in [1.54, 1.807) is 13.2 Å². The van der Waals surface area contributed by atoms with Gasteiger partial charge in [0.1, 0.15) is 0 Å². The molecule has 0 aliphatic carbocycles. The van der Waals surface area contributed by atoms with Crippen molar-refractivity contribution in [1.82, 2.24) is 15.1 Å². The number of amides is 2. The molecule has 1 aliphatic rings. The lowest BCUT2D eigenvalue weighted by molar-refractivity contribution is -0.122. The number of nitrogens with one attached hydrogen (secondary N) is 1. The Morgan fingerprint density at radius 1 is 1.03 bits per heavy atom. The Hall–Kier alpha value is -3.21. The summed E-state index contributed by atoms with van der Waals surface area (Å²) in [6.45, 7) is 3.98. The third-order valence-corrected chi connectivity index (χ3v) is 5.37. The van der Waals surface area contributed by atoms with Crippen molar-refractivity contribution >= 4 is 11.8 Å². The van der Waals surface area contributed by atoms with Gasteiger partial charge in [-0.2, -0.15) is 5.26 Å². The Kier molecular flexibility index (Phi) is 8.16. The van der Waals surface area contributed by atoms with Crippen LogP contribution in [-0.4, -0.2) is 74.6 Å². The Morgan fingerprint density at radius 2 is 1.71 bits per heavy atom. The molecule has 0 bridgehead atoms. The number of methoxy groups -OCH3 is 1. The van der Waals surface area contributed by atoms with Gasteiger partial charge < -0.3 is 15.0 Å². The molecule has 1 aliphatic heterocycles. The van der Waals surface area contributed by atoms with E-state index in [-0.39, 0.29) is 11.8 Å². The van der Waals surface area contributed by atoms with E-state index < -0.39 is 0 Å². The molecular weight excluding hydrogens is 392 g/mol. The highest BCUT2D eigenvalue weighted by atomic mass is 16.5. The predicted octanol–water partition coefficient (Wildman–Crippen LogP) is 2.14. The fourth-order valence-electron chi connectivity index (χ4n) is 3.70. The van der Waals surface area contributed by atoms with Gasteiger partial charge in [0, 0.05) is 57.6 Å². The quantitative estimate of drug-likeness (QED) is 0.662. The zero-order valence-corrected chi connectivity index (χ0v) is 17.8. The molecule has 1 fully saturated rings. The van der Waals surface area contributed by atoms with E-state index in [0.717, 1.165) is 17.5 Å². The summed E-state index contributed by atoms with van der Waals surface area (Å²) in [6.07, 6.45) is 0.791. The second kappa shape index (κ2) is 11.3. The minimum Gasteiger partial charge on any atom is -0.385 e. The van der Waals surface area contributed by atoms with E-state index in [0.29, 0.717) is 57.0 Å². The number of nitriles is 1. The highest BCUT2D eigenvalue weighted by Crippen LogP contribution is 2.28. The maximum absolute atomic E-state index is 13.3. The van der Waals surface area contributed by atoms with Gasteiger partial charge in [0.05, 0.1) is 18.2 Å². The molecule has 7 nitrogen and oxygen atoms in total. The smallest absolute Gasteiger partial charge is 0.254 e. The van der Waals surface area contributed by atoms with E-state index >= 15 is 0 Å². The van der Waals surface area contributed by atoms with Crippen LogP contribution in [0.1, 0.15) is 22.3 Å². The molecular formula is C24H28N4O3. The second-order valence-electron chi connectivity index (χ2n) is 7.47. The first-order chi connectivity index (χ1) is 15.1. The fraction of sp³-hybridized carbons (Fsp3) is 0.375. The zero-order valence-electron chi connectivity index (χ0n) is 17.8. The topological polar surface area (TPSA) is 85.7 Å². The zero-order chi connectivity index (χ0) is 22.1. The number of ether oxygens (including phenoxy) is 1. The molecule has 0 unspecified atom stereocenters. The van der Waals surface area contributed by atoms with Crippen molar-refractivity contribution in [2.75, 3.05) is 53.0 Å². The number of rotatable bonds is 8. The van der Waals surface area contributed by atoms with E-state index in [2.05, 4.69) is 16.3 Å². The van der Waals surface area contributed by atoms with Crippen molar-refractivity contribution in [1.29, 1.82) is 5.26 Å². The summed E-state index contributed by atoms with van der Waals surface area (Å²) < 4.78 is 4.98. The summed E-state index contributed by atoms with van der Waals surface area (Å²) in [5, 5.41) is 12.3. The molecule has 2 amide bonds. The van der Waals surface area contributed by atoms with E-state index in [1.807, 2.05) is 47.4 Å². The largest absolute Gasteiger partial charge is 0.385 e. The van der Waals surface area contributed by atoms with Gasteiger partial charge in [0.2, 0.25) is 5.91 Å². The van der Waals surface area contributed by atoms with Crippen LogP contribution in [0.25, 0.3) is 11.1 Å². The molecule has 2 aromatic carbocycles. The van der Waals surface area contributed by atoms with Gasteiger partial charge >= 0.3 is 0 Å². The molecule has 7 heteroatoms. The van der Waals surface area contributed by atoms with Crippen LogP contribution in [0.4, 0.5) is 0 Å². The highest BCUT2D eigenvalue weighted by molar-refractivity contribution is 6.01. The fourth-order valence-corrected chi connectivity index (χ4v) is 3.70. The van der Waals surface area contributed by atoms with Crippen LogP contribution in [0.2, 0.25) is 0 Å². The molecule has 2 aromatic rings. The number of piperazine rings is 1. The molecule has 0 aromatic heterocycles. The lowest BCUT2D eigenvalue weighted by atomic mass is 9.95. The Balaban J connectivity index is 1.61. The third kappa shape index (κ3) is 5.91. The average molecular weight is 421 g/mol. The summed E-state index contributed by atoms with van der Waals surface area (Å²) in [6, 6.07) is 16.9. The monoisotopic (exact) mass is 420 g/mol. The number of carbonyl (C=O) groups excluding carboxylic acids is 2. The normalized spacial score (nSPS) is 14.1. The Bertz CT molecular complexity index is 946. The molecule has 1 saturated heterocycles. The van der Waals surface area contributed by atoms with Crippen molar-refractivity contribution in [2.24, 2.45) is 0 Å². The summed E-state index contributed by atoms with van der Waals surface area (Å²) in [7, 11) is 1.64. The maximum Gasteiger partial charge on any atom is 0.254 e. The van der Waals surface area contributed by atoms with Crippen molar-refractivity contribution < 1.29 is 14.3 Å². The van der Waals surface area contributed by atoms with Gasteiger partial charge in [-0.15, -0.1) is 0 Å². The lowest BCUT2D eigenvalue weighted by Crippen LogP contribution is -2.51. The number of carbonyl (C=O) groups is 2. The van der Waals surface area contributed by atoms with Gasteiger partial charge in [0.25, 0.3) is 5.91 Å². The summed E-state index contributed by atoms with van der Waals surface area (Å²) in [4.78, 5) is 29.2. The Labute approximate surface area is 183 Å². The standard InChI is InChI=1S/C24H28N4O3/c1-31-16-6-11-26-23(29)18-27-12-14-28(15-13-27)24(30)22-10-5-4-9-21(22)20-8-3-2-7-19(20)17-25/h2-5,7-10H,6,11-16,18H2,1H3,(H,26,29). The van der Waals surface area contributed by atoms with Crippen LogP contribution in [0.3, 0.4) is 0 Å². The molecule has 1 heterocycles. The summed E-state index contributed by atoms with van der Waals surface area (Å²) >= 11 is 0. The van der Waals surface area contributed by atoms with E-state index in [4.69, 9.17) is 4.74 Å². The SMILES string of the molecule is COCCCNC(=O)CN1CCN(C(=O)c2ccccc2-c2ccccc2C#N)CC1. The van der Waals surface area contributed by atoms with Gasteiger partial charge in [-0.3, -0.25) is 14.5 Å². The maximum atomic E-state index is 13.3. The third-order valence-electron chi connectivity index (χ3n) is 5.37. The van der Waals surface area contributed by atoms with Crippen molar-refractivity contribution in [2.45, 2.75) is 6.42 Å². The first kappa shape index (κ1) is 22.5. The van der Waals surface area contributed by atoms with Crippen LogP contribution < -0.4 is 5.32 Å². The van der Waals surface area contributed by atoms with Crippen LogP contribution in [0, 0.1) is 11.3 Å². The molecule has 31 heavy (non-hydrogen) atoms. The van der Waals surface area contributed by atoms with Gasteiger partial charge in [-0.05, 0) is 24.1 Å². The first-order valence-corrected chi connectivity index (χ1v) is 10.5. The molecule has 0 atom stereocenters. The second-order valence-corrected chi connectivity index (χ2v) is 7.47. The molecule has 162 valence electrons. The van der Waals surface area contributed by atoms with Crippen LogP contribution in [-0.2, 0) is 9.53 Å². The molecule has 3 rings (SSSR count). The van der Waals surface area contributed by atoms with Crippen molar-refractivity contribution in [3.63, 3.8) is 0 Å².